The zero-order valence-electron chi connectivity index (χ0n) is 10.9. The highest BCUT2D eigenvalue weighted by Crippen LogP contribution is 2.34. The van der Waals surface area contributed by atoms with Crippen LogP contribution in [0.1, 0.15) is 36.4 Å². The van der Waals surface area contributed by atoms with E-state index in [0.717, 1.165) is 19.3 Å². The summed E-state index contributed by atoms with van der Waals surface area (Å²) in [5, 5.41) is 2.66. The van der Waals surface area contributed by atoms with Crippen LogP contribution >= 0.6 is 0 Å². The first-order valence-electron chi connectivity index (χ1n) is 6.89. The summed E-state index contributed by atoms with van der Waals surface area (Å²) in [6, 6.07) is 8.49. The van der Waals surface area contributed by atoms with Gasteiger partial charge in [0.25, 0.3) is 0 Å². The van der Waals surface area contributed by atoms with Crippen LogP contribution in [-0.2, 0) is 16.0 Å². The molecule has 1 N–H and O–H groups in total. The molecule has 19 heavy (non-hydrogen) atoms. The Morgan fingerprint density at radius 3 is 2.89 bits per heavy atom. The summed E-state index contributed by atoms with van der Waals surface area (Å²) in [6.07, 6.45) is 3.60. The van der Waals surface area contributed by atoms with E-state index in [2.05, 4.69) is 23.5 Å². The molecule has 2 aliphatic rings. The minimum atomic E-state index is -0.0278. The van der Waals surface area contributed by atoms with Gasteiger partial charge in [0.15, 0.2) is 0 Å². The number of carbonyl (C=O) groups excluding carboxylic acids is 2. The van der Waals surface area contributed by atoms with Crippen molar-refractivity contribution in [3.63, 3.8) is 0 Å². The predicted octanol–water partition coefficient (Wildman–Crippen LogP) is 1.41. The van der Waals surface area contributed by atoms with Crippen LogP contribution in [0.15, 0.2) is 24.3 Å². The molecule has 1 fully saturated rings. The second-order valence-corrected chi connectivity index (χ2v) is 5.22. The van der Waals surface area contributed by atoms with Crippen molar-refractivity contribution in [3.8, 4) is 0 Å². The minimum Gasteiger partial charge on any atom is -0.347 e. The molecule has 2 amide bonds. The first kappa shape index (κ1) is 12.2. The van der Waals surface area contributed by atoms with Crippen molar-refractivity contribution in [2.24, 2.45) is 0 Å². The van der Waals surface area contributed by atoms with Gasteiger partial charge in [-0.05, 0) is 30.4 Å². The fourth-order valence-corrected chi connectivity index (χ4v) is 3.09. The molecule has 4 nitrogen and oxygen atoms in total. The zero-order valence-corrected chi connectivity index (χ0v) is 10.9. The van der Waals surface area contributed by atoms with Gasteiger partial charge in [0.1, 0.15) is 0 Å². The van der Waals surface area contributed by atoms with E-state index in [9.17, 15) is 9.59 Å². The Kier molecular flexibility index (Phi) is 3.23. The van der Waals surface area contributed by atoms with E-state index in [0.29, 0.717) is 13.0 Å². The lowest BCUT2D eigenvalue weighted by molar-refractivity contribution is -0.132. The lowest BCUT2D eigenvalue weighted by Gasteiger charge is -2.35. The number of rotatable bonds is 1. The molecule has 0 bridgehead atoms. The summed E-state index contributed by atoms with van der Waals surface area (Å²) < 4.78 is 0. The maximum absolute atomic E-state index is 12.2. The summed E-state index contributed by atoms with van der Waals surface area (Å²) in [7, 11) is 0. The van der Waals surface area contributed by atoms with E-state index in [-0.39, 0.29) is 24.4 Å². The molecule has 0 spiro atoms. The van der Waals surface area contributed by atoms with Crippen LogP contribution in [0, 0.1) is 0 Å². The van der Waals surface area contributed by atoms with Gasteiger partial charge in [0.05, 0.1) is 12.6 Å². The quantitative estimate of drug-likeness (QED) is 0.828. The number of aryl methyl sites for hydroxylation is 1. The van der Waals surface area contributed by atoms with Crippen molar-refractivity contribution < 1.29 is 9.59 Å². The topological polar surface area (TPSA) is 49.4 Å². The second kappa shape index (κ2) is 5.03. The molecule has 100 valence electrons. The molecular formula is C15H18N2O2. The van der Waals surface area contributed by atoms with E-state index < -0.39 is 0 Å². The molecule has 1 atom stereocenters. The van der Waals surface area contributed by atoms with Crippen molar-refractivity contribution in [1.82, 2.24) is 10.2 Å². The largest absolute Gasteiger partial charge is 0.347 e. The van der Waals surface area contributed by atoms with E-state index in [1.54, 1.807) is 0 Å². The highest BCUT2D eigenvalue weighted by Gasteiger charge is 2.30. The standard InChI is InChI=1S/C15H18N2O2/c18-14-8-9-17(15(19)10-16-14)13-7-3-5-11-4-1-2-6-12(11)13/h1-2,4,6,13H,3,5,7-10H2,(H,16,18). The Morgan fingerprint density at radius 2 is 2.00 bits per heavy atom. The van der Waals surface area contributed by atoms with Crippen molar-refractivity contribution in [3.05, 3.63) is 35.4 Å². The molecule has 4 heteroatoms. The van der Waals surface area contributed by atoms with Crippen LogP contribution < -0.4 is 5.32 Å². The van der Waals surface area contributed by atoms with Crippen LogP contribution in [0.25, 0.3) is 0 Å². The van der Waals surface area contributed by atoms with Gasteiger partial charge < -0.3 is 10.2 Å². The Hall–Kier alpha value is -1.84. The number of nitrogens with one attached hydrogen (secondary N) is 1. The molecule has 3 rings (SSSR count). The Bertz CT molecular complexity index is 513. The molecule has 1 aromatic carbocycles. The number of fused-ring (bicyclic) bond motifs is 1. The number of amides is 2. The SMILES string of the molecule is O=C1CCN(C2CCCc3ccccc32)C(=O)CN1. The third kappa shape index (κ3) is 2.35. The molecule has 1 aromatic rings. The van der Waals surface area contributed by atoms with Crippen LogP contribution in [-0.4, -0.2) is 29.8 Å². The molecule has 0 saturated carbocycles. The van der Waals surface area contributed by atoms with Gasteiger partial charge >= 0.3 is 0 Å². The summed E-state index contributed by atoms with van der Waals surface area (Å²) in [6.45, 7) is 0.668. The Balaban J connectivity index is 1.90. The fraction of sp³-hybridized carbons (Fsp3) is 0.467. The minimum absolute atomic E-state index is 0.0278. The summed E-state index contributed by atoms with van der Waals surface area (Å²) in [5.74, 6) is 0.00694. The number of hydrogen-bond donors (Lipinski definition) is 1. The lowest BCUT2D eigenvalue weighted by Crippen LogP contribution is -2.39. The molecular weight excluding hydrogens is 240 g/mol. The normalized spacial score (nSPS) is 23.6. The van der Waals surface area contributed by atoms with Gasteiger partial charge in [-0.2, -0.15) is 0 Å². The van der Waals surface area contributed by atoms with Crippen molar-refractivity contribution in [2.45, 2.75) is 31.7 Å². The number of benzene rings is 1. The van der Waals surface area contributed by atoms with E-state index in [4.69, 9.17) is 0 Å². The zero-order chi connectivity index (χ0) is 13.2. The smallest absolute Gasteiger partial charge is 0.242 e. The van der Waals surface area contributed by atoms with E-state index in [1.165, 1.54) is 11.1 Å². The van der Waals surface area contributed by atoms with Gasteiger partial charge in [-0.15, -0.1) is 0 Å². The number of nitrogens with zero attached hydrogens (tertiary/aromatic N) is 1. The third-order valence-electron chi connectivity index (χ3n) is 4.05. The van der Waals surface area contributed by atoms with Gasteiger partial charge in [-0.1, -0.05) is 24.3 Å². The van der Waals surface area contributed by atoms with Crippen molar-refractivity contribution >= 4 is 11.8 Å². The highest BCUT2D eigenvalue weighted by molar-refractivity contribution is 5.87. The second-order valence-electron chi connectivity index (χ2n) is 5.22. The number of hydrogen-bond acceptors (Lipinski definition) is 2. The van der Waals surface area contributed by atoms with Crippen LogP contribution in [0.2, 0.25) is 0 Å². The van der Waals surface area contributed by atoms with Crippen LogP contribution in [0.5, 0.6) is 0 Å². The predicted molar refractivity (Wildman–Crippen MR) is 71.5 cm³/mol. The molecule has 1 unspecified atom stereocenters. The van der Waals surface area contributed by atoms with E-state index >= 15 is 0 Å². The van der Waals surface area contributed by atoms with Gasteiger partial charge in [-0.3, -0.25) is 9.59 Å². The van der Waals surface area contributed by atoms with Gasteiger partial charge in [0.2, 0.25) is 11.8 Å². The average Bonchev–Trinajstić information content (AvgIpc) is 2.61. The Morgan fingerprint density at radius 1 is 1.16 bits per heavy atom. The maximum atomic E-state index is 12.2. The highest BCUT2D eigenvalue weighted by atomic mass is 16.2. The lowest BCUT2D eigenvalue weighted by atomic mass is 9.86. The number of carbonyl (C=O) groups is 2. The monoisotopic (exact) mass is 258 g/mol. The first-order chi connectivity index (χ1) is 9.25. The molecule has 1 aliphatic carbocycles. The molecule has 1 aliphatic heterocycles. The summed E-state index contributed by atoms with van der Waals surface area (Å²) >= 11 is 0. The van der Waals surface area contributed by atoms with Crippen LogP contribution in [0.4, 0.5) is 0 Å². The summed E-state index contributed by atoms with van der Waals surface area (Å²) in [5.41, 5.74) is 2.60. The Labute approximate surface area is 112 Å². The third-order valence-corrected chi connectivity index (χ3v) is 4.05. The van der Waals surface area contributed by atoms with Crippen LogP contribution in [0.3, 0.4) is 0 Å². The fourth-order valence-electron chi connectivity index (χ4n) is 3.09. The molecule has 0 aromatic heterocycles. The molecule has 1 saturated heterocycles. The first-order valence-corrected chi connectivity index (χ1v) is 6.89. The maximum Gasteiger partial charge on any atom is 0.242 e. The van der Waals surface area contributed by atoms with Crippen molar-refractivity contribution in [2.75, 3.05) is 13.1 Å². The van der Waals surface area contributed by atoms with E-state index in [1.807, 2.05) is 11.0 Å². The molecule has 1 heterocycles. The summed E-state index contributed by atoms with van der Waals surface area (Å²) in [4.78, 5) is 25.5. The average molecular weight is 258 g/mol. The van der Waals surface area contributed by atoms with Gasteiger partial charge in [-0.25, -0.2) is 0 Å². The molecule has 0 radical (unpaired) electrons. The van der Waals surface area contributed by atoms with Crippen molar-refractivity contribution in [1.29, 1.82) is 0 Å². The van der Waals surface area contributed by atoms with Gasteiger partial charge in [0, 0.05) is 13.0 Å².